The number of aryl methyl sites for hydroxylation is 1. The Morgan fingerprint density at radius 2 is 1.91 bits per heavy atom. The van der Waals surface area contributed by atoms with E-state index in [4.69, 9.17) is 10.4 Å². The van der Waals surface area contributed by atoms with Crippen LogP contribution in [-0.2, 0) is 22.7 Å². The number of nitrogens with one attached hydrogen (secondary N) is 2. The molecule has 0 bridgehead atoms. The van der Waals surface area contributed by atoms with Crippen molar-refractivity contribution >= 4 is 17.3 Å². The van der Waals surface area contributed by atoms with Crippen LogP contribution in [-0.4, -0.2) is 24.5 Å². The molecular weight excluding hydrogens is 449 g/mol. The Labute approximate surface area is 196 Å². The Balaban J connectivity index is 2.19. The molecule has 0 aliphatic heterocycles. The molecule has 0 spiro atoms. The fourth-order valence-corrected chi connectivity index (χ4v) is 3.27. The molecule has 2 aromatic carbocycles. The zero-order valence-corrected chi connectivity index (χ0v) is 19.4. The largest absolute Gasteiger partial charge is 0.573 e. The monoisotopic (exact) mass is 478 g/mol. The van der Waals surface area contributed by atoms with E-state index in [0.29, 0.717) is 36.2 Å². The number of carbonyl (C=O) groups is 1. The second-order valence-electron chi connectivity index (χ2n) is 7.60. The van der Waals surface area contributed by atoms with Gasteiger partial charge in [-0.1, -0.05) is 50.2 Å². The van der Waals surface area contributed by atoms with E-state index in [1.165, 1.54) is 18.2 Å². The molecule has 0 aromatic heterocycles. The first-order chi connectivity index (χ1) is 16.2. The molecule has 0 saturated heterocycles. The van der Waals surface area contributed by atoms with Gasteiger partial charge in [-0.2, -0.15) is 5.11 Å². The molecular formula is C24H29F3N4O3. The predicted octanol–water partition coefficient (Wildman–Crippen LogP) is 6.47. The van der Waals surface area contributed by atoms with Crippen molar-refractivity contribution in [3.05, 3.63) is 59.2 Å². The highest BCUT2D eigenvalue weighted by Gasteiger charge is 2.31. The highest BCUT2D eigenvalue weighted by Crippen LogP contribution is 2.25. The molecule has 7 nitrogen and oxygen atoms in total. The molecule has 2 rings (SSSR count). The van der Waals surface area contributed by atoms with Gasteiger partial charge in [0, 0.05) is 22.7 Å². The Morgan fingerprint density at radius 3 is 2.56 bits per heavy atom. The van der Waals surface area contributed by atoms with Gasteiger partial charge in [-0.3, -0.25) is 4.79 Å². The lowest BCUT2D eigenvalue weighted by Gasteiger charge is -2.17. The van der Waals surface area contributed by atoms with E-state index in [2.05, 4.69) is 20.3 Å². The quantitative estimate of drug-likeness (QED) is 0.208. The molecule has 10 heteroatoms. The maximum Gasteiger partial charge on any atom is 0.573 e. The number of benzene rings is 2. The second-order valence-corrected chi connectivity index (χ2v) is 7.60. The minimum atomic E-state index is -4.78. The van der Waals surface area contributed by atoms with Gasteiger partial charge in [0.2, 0.25) is 5.91 Å². The van der Waals surface area contributed by atoms with Crippen LogP contribution >= 0.6 is 0 Å². The van der Waals surface area contributed by atoms with Crippen molar-refractivity contribution in [1.29, 1.82) is 5.53 Å². The average Bonchev–Trinajstić information content (AvgIpc) is 2.79. The van der Waals surface area contributed by atoms with Crippen LogP contribution in [0.15, 0.2) is 52.7 Å². The van der Waals surface area contributed by atoms with Crippen molar-refractivity contribution in [2.24, 2.45) is 16.2 Å². The van der Waals surface area contributed by atoms with Crippen LogP contribution in [0.4, 0.5) is 18.9 Å². The molecule has 0 radical (unpaired) electrons. The van der Waals surface area contributed by atoms with E-state index in [-0.39, 0.29) is 30.7 Å². The third kappa shape index (κ3) is 8.17. The average molecular weight is 479 g/mol. The van der Waals surface area contributed by atoms with Crippen LogP contribution in [0.2, 0.25) is 0 Å². The Morgan fingerprint density at radius 1 is 1.18 bits per heavy atom. The summed E-state index contributed by atoms with van der Waals surface area (Å²) in [5.41, 5.74) is 10.1. The number of carbonyl (C=O) groups excluding carboxylic acids is 1. The van der Waals surface area contributed by atoms with Gasteiger partial charge in [0.25, 0.3) is 0 Å². The first-order valence-electron chi connectivity index (χ1n) is 11.0. The molecule has 0 heterocycles. The number of hydrogen-bond acceptors (Lipinski definition) is 6. The summed E-state index contributed by atoms with van der Waals surface area (Å²) in [5.74, 6) is -0.832. The Kier molecular flexibility index (Phi) is 10.0. The van der Waals surface area contributed by atoms with Crippen molar-refractivity contribution in [3.63, 3.8) is 0 Å². The van der Waals surface area contributed by atoms with Gasteiger partial charge < -0.3 is 14.9 Å². The molecule has 34 heavy (non-hydrogen) atoms. The zero-order valence-electron chi connectivity index (χ0n) is 19.4. The highest BCUT2D eigenvalue weighted by atomic mass is 19.4. The van der Waals surface area contributed by atoms with Crippen LogP contribution < -0.4 is 10.1 Å². The number of oxime groups is 1. The van der Waals surface area contributed by atoms with E-state index in [1.807, 2.05) is 26.0 Å². The van der Waals surface area contributed by atoms with Crippen molar-refractivity contribution in [2.75, 3.05) is 11.9 Å². The number of nitrogens with zero attached hydrogens (tertiary/aromatic N) is 2. The summed E-state index contributed by atoms with van der Waals surface area (Å²) in [5, 5.41) is 10.4. The molecule has 1 unspecified atom stereocenters. The zero-order chi connectivity index (χ0) is 25.1. The number of halogens is 3. The molecule has 0 fully saturated rings. The normalized spacial score (nSPS) is 12.7. The van der Waals surface area contributed by atoms with Gasteiger partial charge in [-0.05, 0) is 43.0 Å². The number of alkyl halides is 3. The lowest BCUT2D eigenvalue weighted by Crippen LogP contribution is -2.22. The minimum Gasteiger partial charge on any atom is -0.406 e. The van der Waals surface area contributed by atoms with Crippen LogP contribution in [0.25, 0.3) is 0 Å². The number of hydrogen-bond donors (Lipinski definition) is 2. The van der Waals surface area contributed by atoms with Gasteiger partial charge in [-0.15, -0.1) is 13.2 Å². The number of amides is 1. The van der Waals surface area contributed by atoms with Crippen molar-refractivity contribution in [1.82, 2.24) is 0 Å². The number of anilines is 1. The molecule has 0 aliphatic carbocycles. The highest BCUT2D eigenvalue weighted by molar-refractivity contribution is 6.00. The summed E-state index contributed by atoms with van der Waals surface area (Å²) in [4.78, 5) is 18.1. The lowest BCUT2D eigenvalue weighted by atomic mass is 10.0. The SMILES string of the molecule is CC/C(=N\OCc1c(CC)cccc1NC(=O)C(C)CCN=N)c1cccc(OC(F)(F)F)c1. The lowest BCUT2D eigenvalue weighted by molar-refractivity contribution is -0.274. The van der Waals surface area contributed by atoms with E-state index in [1.54, 1.807) is 19.1 Å². The summed E-state index contributed by atoms with van der Waals surface area (Å²) in [6.45, 7) is 5.92. The van der Waals surface area contributed by atoms with E-state index in [9.17, 15) is 18.0 Å². The van der Waals surface area contributed by atoms with Crippen LogP contribution in [0.3, 0.4) is 0 Å². The summed E-state index contributed by atoms with van der Waals surface area (Å²) in [6.07, 6.45) is -3.18. The standard InChI is InChI=1S/C24H29F3N4O3/c1-4-17-8-7-11-22(30-23(32)16(3)12-13-29-28)20(17)15-33-31-21(5-2)18-9-6-10-19(14-18)34-24(25,26)27/h6-11,14,16,28H,4-5,12-13,15H2,1-3H3,(H,30,32)/b29-28?,31-21+. The van der Waals surface area contributed by atoms with Gasteiger partial charge >= 0.3 is 6.36 Å². The fourth-order valence-electron chi connectivity index (χ4n) is 3.27. The third-order valence-electron chi connectivity index (χ3n) is 5.15. The molecule has 1 amide bonds. The van der Waals surface area contributed by atoms with Crippen molar-refractivity contribution in [2.45, 2.75) is 53.0 Å². The Hall–Kier alpha value is -3.43. The van der Waals surface area contributed by atoms with Crippen LogP contribution in [0.1, 0.15) is 50.3 Å². The number of rotatable bonds is 12. The Bertz CT molecular complexity index is 1010. The summed E-state index contributed by atoms with van der Waals surface area (Å²) >= 11 is 0. The van der Waals surface area contributed by atoms with E-state index >= 15 is 0 Å². The first kappa shape index (κ1) is 26.8. The molecule has 2 aromatic rings. The molecule has 1 atom stereocenters. The van der Waals surface area contributed by atoms with Gasteiger partial charge in [0.15, 0.2) is 0 Å². The molecule has 0 aliphatic rings. The second kappa shape index (κ2) is 12.7. The van der Waals surface area contributed by atoms with Gasteiger partial charge in [0.1, 0.15) is 12.4 Å². The summed E-state index contributed by atoms with van der Waals surface area (Å²) in [6, 6.07) is 11.1. The van der Waals surface area contributed by atoms with Gasteiger partial charge in [0.05, 0.1) is 12.3 Å². The van der Waals surface area contributed by atoms with Crippen LogP contribution in [0.5, 0.6) is 5.75 Å². The summed E-state index contributed by atoms with van der Waals surface area (Å²) in [7, 11) is 0. The van der Waals surface area contributed by atoms with Gasteiger partial charge in [-0.25, -0.2) is 5.53 Å². The third-order valence-corrected chi connectivity index (χ3v) is 5.15. The number of ether oxygens (including phenoxy) is 1. The first-order valence-corrected chi connectivity index (χ1v) is 11.0. The smallest absolute Gasteiger partial charge is 0.406 e. The van der Waals surface area contributed by atoms with Crippen molar-refractivity contribution < 1.29 is 27.5 Å². The maximum atomic E-state index is 12.5. The minimum absolute atomic E-state index is 0.0678. The van der Waals surface area contributed by atoms with Crippen LogP contribution in [0, 0.1) is 11.4 Å². The van der Waals surface area contributed by atoms with E-state index < -0.39 is 6.36 Å². The fraction of sp³-hybridized carbons (Fsp3) is 0.417. The molecule has 0 saturated carbocycles. The maximum absolute atomic E-state index is 12.5. The predicted molar refractivity (Wildman–Crippen MR) is 123 cm³/mol. The topological polar surface area (TPSA) is 96.1 Å². The van der Waals surface area contributed by atoms with Crippen molar-refractivity contribution in [3.8, 4) is 5.75 Å². The summed E-state index contributed by atoms with van der Waals surface area (Å²) < 4.78 is 41.6. The van der Waals surface area contributed by atoms with E-state index in [0.717, 1.165) is 11.1 Å². The molecule has 2 N–H and O–H groups in total. The molecule has 184 valence electrons.